The van der Waals surface area contributed by atoms with Crippen molar-refractivity contribution in [3.8, 4) is 0 Å². The maximum atomic E-state index is 5.31. The zero-order chi connectivity index (χ0) is 7.40. The number of rotatable bonds is 2. The highest BCUT2D eigenvalue weighted by Crippen LogP contribution is 2.17. The van der Waals surface area contributed by atoms with Gasteiger partial charge in [0, 0.05) is 13.5 Å². The highest BCUT2D eigenvalue weighted by molar-refractivity contribution is 5.10. The molecule has 0 amide bonds. The third kappa shape index (κ3) is 1.61. The lowest BCUT2D eigenvalue weighted by Crippen LogP contribution is -2.17. The van der Waals surface area contributed by atoms with E-state index < -0.39 is 0 Å². The van der Waals surface area contributed by atoms with Crippen LogP contribution in [0.15, 0.2) is 24.5 Å². The maximum absolute atomic E-state index is 5.31. The molecular formula is C8H12O2. The lowest BCUT2D eigenvalue weighted by molar-refractivity contribution is -0.100. The third-order valence-electron chi connectivity index (χ3n) is 1.48. The highest BCUT2D eigenvalue weighted by atomic mass is 16.7. The van der Waals surface area contributed by atoms with E-state index in [9.17, 15) is 0 Å². The Hall–Kier alpha value is -0.760. The van der Waals surface area contributed by atoms with Crippen LogP contribution in [-0.4, -0.2) is 13.4 Å². The molecule has 2 nitrogen and oxygen atoms in total. The largest absolute Gasteiger partial charge is 0.465 e. The summed E-state index contributed by atoms with van der Waals surface area (Å²) in [7, 11) is 1.65. The SMILES string of the molecule is C=CC1=CCC[C@@H](OC)O1. The molecule has 0 saturated heterocycles. The van der Waals surface area contributed by atoms with Crippen molar-refractivity contribution in [1.29, 1.82) is 0 Å². The molecule has 2 heteroatoms. The van der Waals surface area contributed by atoms with Crippen molar-refractivity contribution in [3.63, 3.8) is 0 Å². The molecule has 0 radical (unpaired) electrons. The summed E-state index contributed by atoms with van der Waals surface area (Å²) in [5.74, 6) is 0.832. The van der Waals surface area contributed by atoms with Crippen molar-refractivity contribution in [2.45, 2.75) is 19.1 Å². The van der Waals surface area contributed by atoms with E-state index in [1.54, 1.807) is 13.2 Å². The van der Waals surface area contributed by atoms with E-state index in [1.165, 1.54) is 0 Å². The van der Waals surface area contributed by atoms with Crippen molar-refractivity contribution in [2.24, 2.45) is 0 Å². The first-order valence-electron chi connectivity index (χ1n) is 3.39. The summed E-state index contributed by atoms with van der Waals surface area (Å²) >= 11 is 0. The molecule has 1 aliphatic rings. The van der Waals surface area contributed by atoms with Gasteiger partial charge in [0.2, 0.25) is 0 Å². The summed E-state index contributed by atoms with van der Waals surface area (Å²) in [5, 5.41) is 0. The minimum atomic E-state index is -0.0713. The predicted octanol–water partition coefficient (Wildman–Crippen LogP) is 1.84. The van der Waals surface area contributed by atoms with Gasteiger partial charge in [0.25, 0.3) is 0 Å². The molecular weight excluding hydrogens is 128 g/mol. The van der Waals surface area contributed by atoms with Crippen LogP contribution < -0.4 is 0 Å². The molecule has 1 aliphatic heterocycles. The Morgan fingerprint density at radius 1 is 1.90 bits per heavy atom. The molecule has 1 atom stereocenters. The fourth-order valence-electron chi connectivity index (χ4n) is 0.918. The highest BCUT2D eigenvalue weighted by Gasteiger charge is 2.12. The van der Waals surface area contributed by atoms with Crippen LogP contribution in [0.25, 0.3) is 0 Å². The molecule has 0 unspecified atom stereocenters. The first-order valence-corrected chi connectivity index (χ1v) is 3.39. The minimum absolute atomic E-state index is 0.0713. The smallest absolute Gasteiger partial charge is 0.199 e. The molecule has 0 saturated carbocycles. The molecule has 0 fully saturated rings. The van der Waals surface area contributed by atoms with Gasteiger partial charge in [-0.25, -0.2) is 0 Å². The van der Waals surface area contributed by atoms with Crippen LogP contribution in [0, 0.1) is 0 Å². The number of methoxy groups -OCH3 is 1. The van der Waals surface area contributed by atoms with E-state index in [1.807, 2.05) is 6.08 Å². The van der Waals surface area contributed by atoms with E-state index >= 15 is 0 Å². The van der Waals surface area contributed by atoms with Gasteiger partial charge in [-0.1, -0.05) is 6.58 Å². The van der Waals surface area contributed by atoms with Crippen molar-refractivity contribution in [2.75, 3.05) is 7.11 Å². The van der Waals surface area contributed by atoms with Crippen LogP contribution in [0.2, 0.25) is 0 Å². The predicted molar refractivity (Wildman–Crippen MR) is 39.4 cm³/mol. The van der Waals surface area contributed by atoms with E-state index in [0.29, 0.717) is 0 Å². The quantitative estimate of drug-likeness (QED) is 0.582. The molecule has 56 valence electrons. The van der Waals surface area contributed by atoms with Gasteiger partial charge in [0.1, 0.15) is 5.76 Å². The molecule has 0 N–H and O–H groups in total. The lowest BCUT2D eigenvalue weighted by Gasteiger charge is -2.21. The van der Waals surface area contributed by atoms with Crippen LogP contribution in [0.3, 0.4) is 0 Å². The number of ether oxygens (including phenoxy) is 2. The Balaban J connectivity index is 2.48. The molecule has 0 aromatic heterocycles. The Morgan fingerprint density at radius 3 is 3.30 bits per heavy atom. The molecule has 0 aromatic rings. The van der Waals surface area contributed by atoms with Gasteiger partial charge in [0.15, 0.2) is 6.29 Å². The molecule has 1 heterocycles. The second-order valence-electron chi connectivity index (χ2n) is 2.17. The zero-order valence-electron chi connectivity index (χ0n) is 6.17. The summed E-state index contributed by atoms with van der Waals surface area (Å²) in [4.78, 5) is 0. The summed E-state index contributed by atoms with van der Waals surface area (Å²) in [6.45, 7) is 3.60. The monoisotopic (exact) mass is 140 g/mol. The molecule has 0 bridgehead atoms. The van der Waals surface area contributed by atoms with Gasteiger partial charge in [-0.05, 0) is 18.6 Å². The zero-order valence-corrected chi connectivity index (χ0v) is 6.17. The van der Waals surface area contributed by atoms with Crippen LogP contribution >= 0.6 is 0 Å². The molecule has 10 heavy (non-hydrogen) atoms. The summed E-state index contributed by atoms with van der Waals surface area (Å²) in [5.41, 5.74) is 0. The molecule has 1 rings (SSSR count). The van der Waals surface area contributed by atoms with Crippen molar-refractivity contribution >= 4 is 0 Å². The van der Waals surface area contributed by atoms with Crippen LogP contribution in [0.4, 0.5) is 0 Å². The third-order valence-corrected chi connectivity index (χ3v) is 1.48. The Morgan fingerprint density at radius 2 is 2.70 bits per heavy atom. The maximum Gasteiger partial charge on any atom is 0.199 e. The summed E-state index contributed by atoms with van der Waals surface area (Å²) < 4.78 is 10.3. The Labute approximate surface area is 61.1 Å². The fourth-order valence-corrected chi connectivity index (χ4v) is 0.918. The van der Waals surface area contributed by atoms with Crippen molar-refractivity contribution in [1.82, 2.24) is 0 Å². The van der Waals surface area contributed by atoms with Crippen LogP contribution in [0.1, 0.15) is 12.8 Å². The minimum Gasteiger partial charge on any atom is -0.465 e. The Bertz CT molecular complexity index is 149. The normalized spacial score (nSPS) is 24.9. The van der Waals surface area contributed by atoms with Gasteiger partial charge in [-0.3, -0.25) is 0 Å². The second-order valence-corrected chi connectivity index (χ2v) is 2.17. The molecule has 0 aliphatic carbocycles. The lowest BCUT2D eigenvalue weighted by atomic mass is 10.2. The van der Waals surface area contributed by atoms with Crippen molar-refractivity contribution in [3.05, 3.63) is 24.5 Å². The van der Waals surface area contributed by atoms with Crippen molar-refractivity contribution < 1.29 is 9.47 Å². The average molecular weight is 140 g/mol. The fraction of sp³-hybridized carbons (Fsp3) is 0.500. The number of hydrogen-bond donors (Lipinski definition) is 0. The van der Waals surface area contributed by atoms with E-state index in [0.717, 1.165) is 18.6 Å². The first kappa shape index (κ1) is 7.35. The summed E-state index contributed by atoms with van der Waals surface area (Å²) in [6.07, 6.45) is 5.60. The van der Waals surface area contributed by atoms with E-state index in [2.05, 4.69) is 6.58 Å². The second kappa shape index (κ2) is 3.42. The average Bonchev–Trinajstić information content (AvgIpc) is 2.05. The standard InChI is InChI=1S/C8H12O2/c1-3-7-5-4-6-8(9-2)10-7/h3,5,8H,1,4,6H2,2H3/t8-/m0/s1. The molecule has 0 aromatic carbocycles. The van der Waals surface area contributed by atoms with Gasteiger partial charge < -0.3 is 9.47 Å². The Kier molecular flexibility index (Phi) is 2.51. The van der Waals surface area contributed by atoms with E-state index in [4.69, 9.17) is 9.47 Å². The van der Waals surface area contributed by atoms with Crippen LogP contribution in [0.5, 0.6) is 0 Å². The topological polar surface area (TPSA) is 18.5 Å². The number of hydrogen-bond acceptors (Lipinski definition) is 2. The van der Waals surface area contributed by atoms with Gasteiger partial charge in [-0.15, -0.1) is 0 Å². The summed E-state index contributed by atoms with van der Waals surface area (Å²) in [6, 6.07) is 0. The van der Waals surface area contributed by atoms with Gasteiger partial charge >= 0.3 is 0 Å². The van der Waals surface area contributed by atoms with Gasteiger partial charge in [0.05, 0.1) is 0 Å². The van der Waals surface area contributed by atoms with E-state index in [-0.39, 0.29) is 6.29 Å². The molecule has 0 spiro atoms. The van der Waals surface area contributed by atoms with Crippen LogP contribution in [-0.2, 0) is 9.47 Å². The van der Waals surface area contributed by atoms with Gasteiger partial charge in [-0.2, -0.15) is 0 Å². The number of allylic oxidation sites excluding steroid dienone is 2. The first-order chi connectivity index (χ1) is 4.86.